The Morgan fingerprint density at radius 2 is 2.25 bits per heavy atom. The highest BCUT2D eigenvalue weighted by atomic mass is 35.5. The van der Waals surface area contributed by atoms with Gasteiger partial charge in [-0.05, 0) is 31.4 Å². The van der Waals surface area contributed by atoms with E-state index >= 15 is 0 Å². The number of hydrogen-bond acceptors (Lipinski definition) is 3. The first-order valence-corrected chi connectivity index (χ1v) is 5.86. The lowest BCUT2D eigenvalue weighted by Gasteiger charge is -2.18. The number of benzene rings is 1. The van der Waals surface area contributed by atoms with Crippen LogP contribution in [0.15, 0.2) is 18.2 Å². The van der Waals surface area contributed by atoms with Crippen molar-refractivity contribution in [3.05, 3.63) is 23.2 Å². The molecule has 1 aliphatic carbocycles. The lowest BCUT2D eigenvalue weighted by atomic mass is 10.2. The van der Waals surface area contributed by atoms with E-state index in [0.717, 1.165) is 24.9 Å². The fourth-order valence-electron chi connectivity index (χ4n) is 2.07. The Balaban J connectivity index is 2.09. The number of ether oxygens (including phenoxy) is 1. The summed E-state index contributed by atoms with van der Waals surface area (Å²) >= 11 is 5.94. The molecule has 2 atom stereocenters. The van der Waals surface area contributed by atoms with Crippen LogP contribution in [-0.4, -0.2) is 24.4 Å². The normalized spacial score (nSPS) is 24.4. The zero-order chi connectivity index (χ0) is 11.5. The van der Waals surface area contributed by atoms with Crippen LogP contribution >= 0.6 is 11.6 Å². The predicted molar refractivity (Wildman–Crippen MR) is 65.3 cm³/mol. The third-order valence-electron chi connectivity index (χ3n) is 2.98. The van der Waals surface area contributed by atoms with Crippen LogP contribution in [0.5, 0.6) is 5.75 Å². The summed E-state index contributed by atoms with van der Waals surface area (Å²) in [5, 5.41) is 13.6. The Morgan fingerprint density at radius 3 is 2.88 bits per heavy atom. The average molecular weight is 242 g/mol. The van der Waals surface area contributed by atoms with E-state index in [1.165, 1.54) is 0 Å². The molecule has 1 fully saturated rings. The van der Waals surface area contributed by atoms with Crippen LogP contribution in [0.1, 0.15) is 19.3 Å². The maximum atomic E-state index is 9.71. The smallest absolute Gasteiger partial charge is 0.139 e. The third-order valence-corrected chi connectivity index (χ3v) is 3.29. The molecular formula is C12H16ClNO2. The minimum absolute atomic E-state index is 0.144. The second-order valence-electron chi connectivity index (χ2n) is 4.10. The van der Waals surface area contributed by atoms with E-state index in [9.17, 15) is 5.11 Å². The number of hydrogen-bond donors (Lipinski definition) is 2. The van der Waals surface area contributed by atoms with Crippen molar-refractivity contribution in [2.75, 3.05) is 12.4 Å². The maximum Gasteiger partial charge on any atom is 0.139 e. The summed E-state index contributed by atoms with van der Waals surface area (Å²) in [5.41, 5.74) is 0.937. The molecule has 0 saturated heterocycles. The molecule has 1 aromatic rings. The zero-order valence-corrected chi connectivity index (χ0v) is 10.00. The van der Waals surface area contributed by atoms with Crippen molar-refractivity contribution in [3.63, 3.8) is 0 Å². The van der Waals surface area contributed by atoms with E-state index < -0.39 is 0 Å². The first-order valence-electron chi connectivity index (χ1n) is 5.49. The van der Waals surface area contributed by atoms with E-state index in [-0.39, 0.29) is 12.1 Å². The minimum Gasteiger partial charge on any atom is -0.495 e. The van der Waals surface area contributed by atoms with Crippen molar-refractivity contribution in [2.24, 2.45) is 0 Å². The van der Waals surface area contributed by atoms with Crippen LogP contribution < -0.4 is 10.1 Å². The molecule has 2 N–H and O–H groups in total. The van der Waals surface area contributed by atoms with Gasteiger partial charge < -0.3 is 15.2 Å². The number of rotatable bonds is 3. The van der Waals surface area contributed by atoms with Gasteiger partial charge in [0.2, 0.25) is 0 Å². The van der Waals surface area contributed by atoms with Crippen molar-refractivity contribution in [2.45, 2.75) is 31.4 Å². The molecule has 16 heavy (non-hydrogen) atoms. The standard InChI is InChI=1S/C12H16ClNO2/c1-16-12-7-8(5-6-9(12)13)14-10-3-2-4-11(10)15/h5-7,10-11,14-15H,2-4H2,1H3/t10-,11-/m1/s1. The summed E-state index contributed by atoms with van der Waals surface area (Å²) < 4.78 is 5.14. The Kier molecular flexibility index (Phi) is 3.56. The summed E-state index contributed by atoms with van der Waals surface area (Å²) in [6.07, 6.45) is 2.71. The van der Waals surface area contributed by atoms with Gasteiger partial charge >= 0.3 is 0 Å². The summed E-state index contributed by atoms with van der Waals surface area (Å²) in [5.74, 6) is 0.652. The average Bonchev–Trinajstić information content (AvgIpc) is 2.67. The van der Waals surface area contributed by atoms with E-state index in [0.29, 0.717) is 10.8 Å². The van der Waals surface area contributed by atoms with Crippen LogP contribution in [0.25, 0.3) is 0 Å². The van der Waals surface area contributed by atoms with Crippen LogP contribution in [0, 0.1) is 0 Å². The fraction of sp³-hybridized carbons (Fsp3) is 0.500. The van der Waals surface area contributed by atoms with Crippen molar-refractivity contribution >= 4 is 17.3 Å². The van der Waals surface area contributed by atoms with Gasteiger partial charge in [0, 0.05) is 11.8 Å². The van der Waals surface area contributed by atoms with Crippen LogP contribution in [0.3, 0.4) is 0 Å². The lowest BCUT2D eigenvalue weighted by Crippen LogP contribution is -2.27. The van der Waals surface area contributed by atoms with Gasteiger partial charge in [-0.25, -0.2) is 0 Å². The topological polar surface area (TPSA) is 41.5 Å². The van der Waals surface area contributed by atoms with E-state index in [1.807, 2.05) is 12.1 Å². The van der Waals surface area contributed by atoms with Crippen molar-refractivity contribution < 1.29 is 9.84 Å². The molecule has 2 rings (SSSR count). The lowest BCUT2D eigenvalue weighted by molar-refractivity contribution is 0.172. The second-order valence-corrected chi connectivity index (χ2v) is 4.51. The molecule has 0 radical (unpaired) electrons. The third kappa shape index (κ3) is 2.42. The highest BCUT2D eigenvalue weighted by Gasteiger charge is 2.24. The van der Waals surface area contributed by atoms with Gasteiger partial charge in [0.25, 0.3) is 0 Å². The fourth-order valence-corrected chi connectivity index (χ4v) is 2.27. The number of nitrogens with one attached hydrogen (secondary N) is 1. The Bertz CT molecular complexity index is 370. The highest BCUT2D eigenvalue weighted by molar-refractivity contribution is 6.32. The largest absolute Gasteiger partial charge is 0.495 e. The number of anilines is 1. The van der Waals surface area contributed by atoms with E-state index in [2.05, 4.69) is 5.32 Å². The number of aliphatic hydroxyl groups is 1. The van der Waals surface area contributed by atoms with Gasteiger partial charge in [-0.1, -0.05) is 11.6 Å². The number of halogens is 1. The van der Waals surface area contributed by atoms with Crippen molar-refractivity contribution in [1.29, 1.82) is 0 Å². The van der Waals surface area contributed by atoms with Crippen LogP contribution in [0.2, 0.25) is 5.02 Å². The summed E-state index contributed by atoms with van der Waals surface area (Å²) in [7, 11) is 1.59. The summed E-state index contributed by atoms with van der Waals surface area (Å²) in [6.45, 7) is 0. The minimum atomic E-state index is -0.248. The van der Waals surface area contributed by atoms with Crippen LogP contribution in [-0.2, 0) is 0 Å². The molecule has 0 aliphatic heterocycles. The van der Waals surface area contributed by atoms with Crippen LogP contribution in [0.4, 0.5) is 5.69 Å². The molecule has 3 nitrogen and oxygen atoms in total. The molecule has 88 valence electrons. The summed E-state index contributed by atoms with van der Waals surface area (Å²) in [6, 6.07) is 5.69. The molecule has 0 spiro atoms. The van der Waals surface area contributed by atoms with Gasteiger partial charge in [-0.2, -0.15) is 0 Å². The van der Waals surface area contributed by atoms with Gasteiger partial charge in [0.15, 0.2) is 0 Å². The van der Waals surface area contributed by atoms with Gasteiger partial charge in [-0.15, -0.1) is 0 Å². The number of aliphatic hydroxyl groups excluding tert-OH is 1. The first-order chi connectivity index (χ1) is 7.70. The first kappa shape index (κ1) is 11.6. The van der Waals surface area contributed by atoms with Gasteiger partial charge in [0.05, 0.1) is 24.3 Å². The zero-order valence-electron chi connectivity index (χ0n) is 9.24. The SMILES string of the molecule is COc1cc(N[C@@H]2CCC[C@H]2O)ccc1Cl. The van der Waals surface area contributed by atoms with Gasteiger partial charge in [-0.3, -0.25) is 0 Å². The highest BCUT2D eigenvalue weighted by Crippen LogP contribution is 2.29. The predicted octanol–water partition coefficient (Wildman–Crippen LogP) is 2.67. The Hall–Kier alpha value is -0.930. The molecule has 1 saturated carbocycles. The molecule has 0 bridgehead atoms. The Morgan fingerprint density at radius 1 is 1.44 bits per heavy atom. The molecule has 1 aliphatic rings. The van der Waals surface area contributed by atoms with E-state index in [4.69, 9.17) is 16.3 Å². The maximum absolute atomic E-state index is 9.71. The second kappa shape index (κ2) is 4.93. The monoisotopic (exact) mass is 241 g/mol. The molecule has 0 amide bonds. The van der Waals surface area contributed by atoms with E-state index in [1.54, 1.807) is 13.2 Å². The van der Waals surface area contributed by atoms with Crippen molar-refractivity contribution in [3.8, 4) is 5.75 Å². The molecular weight excluding hydrogens is 226 g/mol. The molecule has 1 aromatic carbocycles. The van der Waals surface area contributed by atoms with Crippen molar-refractivity contribution in [1.82, 2.24) is 0 Å². The quantitative estimate of drug-likeness (QED) is 0.855. The number of methoxy groups -OCH3 is 1. The molecule has 0 aromatic heterocycles. The molecule has 0 heterocycles. The summed E-state index contributed by atoms with van der Waals surface area (Å²) in [4.78, 5) is 0. The molecule has 4 heteroatoms. The Labute approximate surface area is 100 Å². The van der Waals surface area contributed by atoms with Gasteiger partial charge in [0.1, 0.15) is 5.75 Å². The molecule has 0 unspecified atom stereocenters.